The second kappa shape index (κ2) is 3.17. The van der Waals surface area contributed by atoms with Crippen LogP contribution in [0.1, 0.15) is 6.92 Å². The Morgan fingerprint density at radius 2 is 1.91 bits per heavy atom. The molecule has 0 saturated heterocycles. The average Bonchev–Trinajstić information content (AvgIpc) is 1.84. The molecule has 0 radical (unpaired) electrons. The van der Waals surface area contributed by atoms with E-state index in [4.69, 9.17) is 10.8 Å². The van der Waals surface area contributed by atoms with Gasteiger partial charge in [0.1, 0.15) is 0 Å². The normalized spacial score (nSPS) is 15.1. The molecule has 0 spiro atoms. The highest BCUT2D eigenvalue weighted by atomic mass is 16.3. The molecule has 0 saturated carbocycles. The SMILES string of the molecule is CC(O)(NNC(N)=O)C(N)=O. The average molecular weight is 162 g/mol. The van der Waals surface area contributed by atoms with Crippen LogP contribution in [-0.4, -0.2) is 22.8 Å². The highest BCUT2D eigenvalue weighted by molar-refractivity contribution is 5.82. The molecule has 0 aromatic rings. The lowest BCUT2D eigenvalue weighted by atomic mass is 10.3. The number of aliphatic hydroxyl groups is 1. The maximum atomic E-state index is 10.4. The highest BCUT2D eigenvalue weighted by Crippen LogP contribution is 1.92. The van der Waals surface area contributed by atoms with Crippen LogP contribution in [0.25, 0.3) is 0 Å². The van der Waals surface area contributed by atoms with Crippen LogP contribution in [0.2, 0.25) is 0 Å². The van der Waals surface area contributed by atoms with Gasteiger partial charge in [0.25, 0.3) is 5.91 Å². The maximum Gasteiger partial charge on any atom is 0.326 e. The summed E-state index contributed by atoms with van der Waals surface area (Å²) in [6.07, 6.45) is 0. The van der Waals surface area contributed by atoms with Crippen LogP contribution < -0.4 is 22.3 Å². The summed E-state index contributed by atoms with van der Waals surface area (Å²) in [5.41, 5.74) is 11.1. The summed E-state index contributed by atoms with van der Waals surface area (Å²) in [4.78, 5) is 20.4. The molecule has 7 heteroatoms. The molecule has 0 aromatic carbocycles. The van der Waals surface area contributed by atoms with Crippen molar-refractivity contribution in [2.24, 2.45) is 11.5 Å². The molecule has 7 nitrogen and oxygen atoms in total. The van der Waals surface area contributed by atoms with Crippen molar-refractivity contribution < 1.29 is 14.7 Å². The van der Waals surface area contributed by atoms with E-state index in [1.165, 1.54) is 0 Å². The van der Waals surface area contributed by atoms with Crippen LogP contribution in [0.4, 0.5) is 4.79 Å². The summed E-state index contributed by atoms with van der Waals surface area (Å²) in [6.45, 7) is 1.07. The molecule has 0 rings (SSSR count). The fraction of sp³-hybridized carbons (Fsp3) is 0.500. The van der Waals surface area contributed by atoms with Crippen LogP contribution in [0.5, 0.6) is 0 Å². The molecule has 0 fully saturated rings. The summed E-state index contributed by atoms with van der Waals surface area (Å²) < 4.78 is 0. The van der Waals surface area contributed by atoms with Crippen molar-refractivity contribution in [3.05, 3.63) is 0 Å². The van der Waals surface area contributed by atoms with Crippen molar-refractivity contribution in [3.63, 3.8) is 0 Å². The third-order valence-electron chi connectivity index (χ3n) is 0.909. The van der Waals surface area contributed by atoms with Crippen LogP contribution in [0.3, 0.4) is 0 Å². The van der Waals surface area contributed by atoms with Crippen molar-refractivity contribution >= 4 is 11.9 Å². The summed E-state index contributed by atoms with van der Waals surface area (Å²) in [7, 11) is 0. The zero-order valence-electron chi connectivity index (χ0n) is 5.92. The third kappa shape index (κ3) is 3.38. The molecule has 1 unspecified atom stereocenters. The number of primary amides is 2. The maximum absolute atomic E-state index is 10.4. The Balaban J connectivity index is 3.92. The largest absolute Gasteiger partial charge is 0.366 e. The molecule has 1 atom stereocenters. The molecular formula is C4H10N4O3. The van der Waals surface area contributed by atoms with Crippen molar-refractivity contribution in [2.45, 2.75) is 12.6 Å². The second-order valence-corrected chi connectivity index (χ2v) is 2.05. The summed E-state index contributed by atoms with van der Waals surface area (Å²) >= 11 is 0. The predicted octanol–water partition coefficient (Wildman–Crippen LogP) is -2.65. The number of amides is 3. The molecule has 0 aliphatic heterocycles. The van der Waals surface area contributed by atoms with Crippen LogP contribution in [0.15, 0.2) is 0 Å². The van der Waals surface area contributed by atoms with E-state index >= 15 is 0 Å². The van der Waals surface area contributed by atoms with Gasteiger partial charge in [-0.25, -0.2) is 4.79 Å². The fourth-order valence-corrected chi connectivity index (χ4v) is 0.245. The van der Waals surface area contributed by atoms with Gasteiger partial charge >= 0.3 is 6.03 Å². The van der Waals surface area contributed by atoms with Gasteiger partial charge in [0.2, 0.25) is 5.72 Å². The Morgan fingerprint density at radius 1 is 1.45 bits per heavy atom. The van der Waals surface area contributed by atoms with Gasteiger partial charge in [-0.05, 0) is 6.92 Å². The lowest BCUT2D eigenvalue weighted by molar-refractivity contribution is -0.138. The molecule has 11 heavy (non-hydrogen) atoms. The van der Waals surface area contributed by atoms with E-state index in [-0.39, 0.29) is 0 Å². The van der Waals surface area contributed by atoms with E-state index in [0.29, 0.717) is 0 Å². The minimum atomic E-state index is -1.99. The predicted molar refractivity (Wildman–Crippen MR) is 35.7 cm³/mol. The van der Waals surface area contributed by atoms with Crippen LogP contribution in [0, 0.1) is 0 Å². The Labute approximate surface area is 62.7 Å². The topological polar surface area (TPSA) is 130 Å². The first-order valence-corrected chi connectivity index (χ1v) is 2.71. The molecule has 0 aromatic heterocycles. The molecule has 0 heterocycles. The Kier molecular flexibility index (Phi) is 2.78. The number of hydrogen-bond acceptors (Lipinski definition) is 4. The Morgan fingerprint density at radius 3 is 2.18 bits per heavy atom. The van der Waals surface area contributed by atoms with E-state index < -0.39 is 17.7 Å². The van der Waals surface area contributed by atoms with Gasteiger partial charge in [-0.15, -0.1) is 0 Å². The number of hydrogen-bond donors (Lipinski definition) is 5. The first kappa shape index (κ1) is 9.66. The number of urea groups is 1. The number of hydrazine groups is 1. The standard InChI is InChI=1S/C4H10N4O3/c1-4(11,2(5)9)8-7-3(6)10/h8,11H,1H3,(H2,5,9)(H3,6,7,10). The lowest BCUT2D eigenvalue weighted by Gasteiger charge is -2.19. The van der Waals surface area contributed by atoms with Gasteiger partial charge in [-0.1, -0.05) is 0 Å². The van der Waals surface area contributed by atoms with Crippen LogP contribution in [-0.2, 0) is 4.79 Å². The van der Waals surface area contributed by atoms with Gasteiger partial charge in [0, 0.05) is 0 Å². The van der Waals surface area contributed by atoms with Gasteiger partial charge < -0.3 is 16.6 Å². The Hall–Kier alpha value is -1.34. The highest BCUT2D eigenvalue weighted by Gasteiger charge is 2.27. The quantitative estimate of drug-likeness (QED) is 0.229. The van der Waals surface area contributed by atoms with Crippen molar-refractivity contribution in [1.29, 1.82) is 0 Å². The smallest absolute Gasteiger partial charge is 0.326 e. The number of carbonyl (C=O) groups is 2. The molecular weight excluding hydrogens is 152 g/mol. The first-order valence-electron chi connectivity index (χ1n) is 2.71. The van der Waals surface area contributed by atoms with E-state index in [1.807, 2.05) is 5.43 Å². The van der Waals surface area contributed by atoms with E-state index in [9.17, 15) is 9.59 Å². The fourth-order valence-electron chi connectivity index (χ4n) is 0.245. The minimum Gasteiger partial charge on any atom is -0.366 e. The van der Waals surface area contributed by atoms with Gasteiger partial charge in [0.05, 0.1) is 0 Å². The Bertz CT molecular complexity index is 178. The zero-order valence-corrected chi connectivity index (χ0v) is 5.92. The molecule has 0 bridgehead atoms. The van der Waals surface area contributed by atoms with Crippen molar-refractivity contribution in [1.82, 2.24) is 10.9 Å². The van der Waals surface area contributed by atoms with Gasteiger partial charge in [-0.2, -0.15) is 5.43 Å². The van der Waals surface area contributed by atoms with E-state index in [0.717, 1.165) is 6.92 Å². The number of nitrogens with two attached hydrogens (primary N) is 2. The first-order chi connectivity index (χ1) is 4.86. The van der Waals surface area contributed by atoms with E-state index in [2.05, 4.69) is 5.73 Å². The third-order valence-corrected chi connectivity index (χ3v) is 0.909. The van der Waals surface area contributed by atoms with Gasteiger partial charge in [0.15, 0.2) is 0 Å². The molecule has 3 amide bonds. The monoisotopic (exact) mass is 162 g/mol. The van der Waals surface area contributed by atoms with Crippen molar-refractivity contribution in [2.75, 3.05) is 0 Å². The molecule has 0 aliphatic rings. The summed E-state index contributed by atoms with van der Waals surface area (Å²) in [5, 5.41) is 8.98. The number of nitrogens with one attached hydrogen (secondary N) is 2. The molecule has 0 aliphatic carbocycles. The van der Waals surface area contributed by atoms with E-state index in [1.54, 1.807) is 5.43 Å². The summed E-state index contributed by atoms with van der Waals surface area (Å²) in [5.74, 6) is -1.02. The second-order valence-electron chi connectivity index (χ2n) is 2.05. The van der Waals surface area contributed by atoms with Gasteiger partial charge in [-0.3, -0.25) is 10.2 Å². The molecule has 7 N–H and O–H groups in total. The van der Waals surface area contributed by atoms with Crippen LogP contribution >= 0.6 is 0 Å². The molecule has 64 valence electrons. The number of rotatable bonds is 3. The summed E-state index contributed by atoms with van der Waals surface area (Å²) in [6, 6.07) is -0.925. The zero-order chi connectivity index (χ0) is 9.07. The number of carbonyl (C=O) groups excluding carboxylic acids is 2. The minimum absolute atomic E-state index is 0.925. The lowest BCUT2D eigenvalue weighted by Crippen LogP contribution is -2.60. The van der Waals surface area contributed by atoms with Crippen molar-refractivity contribution in [3.8, 4) is 0 Å².